The van der Waals surface area contributed by atoms with Crippen LogP contribution in [0.5, 0.6) is 0 Å². The maximum Gasteiger partial charge on any atom is 0.251 e. The number of amides is 1. The Balaban J connectivity index is 1.65. The molecule has 146 valence electrons. The number of benzene rings is 2. The second-order valence-electron chi connectivity index (χ2n) is 6.81. The molecule has 0 aliphatic rings. The van der Waals surface area contributed by atoms with E-state index in [2.05, 4.69) is 28.2 Å². The third kappa shape index (κ3) is 5.48. The minimum Gasteiger partial charge on any atom is -0.394 e. The standard InChI is InChI=1S/C24H23N3O2/c25-13-6-2-1-3-8-18-9-7-10-19(14-18)24(29)27-21(17-28)15-20-16-26-23-12-5-4-11-22(20)23/h4-5,7,9-12,14,16,21,26,28H,1-2,6,15,17H2,(H,27,29)/t21-/m1/s1. The summed E-state index contributed by atoms with van der Waals surface area (Å²) < 4.78 is 0. The van der Waals surface area contributed by atoms with Crippen LogP contribution in [0.2, 0.25) is 0 Å². The Morgan fingerprint density at radius 1 is 1.17 bits per heavy atom. The summed E-state index contributed by atoms with van der Waals surface area (Å²) in [5.41, 5.74) is 3.35. The van der Waals surface area contributed by atoms with E-state index in [-0.39, 0.29) is 18.6 Å². The van der Waals surface area contributed by atoms with E-state index < -0.39 is 0 Å². The number of aromatic amines is 1. The summed E-state index contributed by atoms with van der Waals surface area (Å²) in [6, 6.07) is 16.8. The molecule has 1 atom stereocenters. The van der Waals surface area contributed by atoms with Gasteiger partial charge in [-0.2, -0.15) is 5.26 Å². The summed E-state index contributed by atoms with van der Waals surface area (Å²) in [4.78, 5) is 15.9. The van der Waals surface area contributed by atoms with Crippen molar-refractivity contribution < 1.29 is 9.90 Å². The molecule has 2 aromatic carbocycles. The number of carbonyl (C=O) groups is 1. The first kappa shape index (κ1) is 20.2. The van der Waals surface area contributed by atoms with Gasteiger partial charge in [0.1, 0.15) is 0 Å². The predicted octanol–water partition coefficient (Wildman–Crippen LogP) is 3.55. The quantitative estimate of drug-likeness (QED) is 0.429. The Kier molecular flexibility index (Phi) is 7.05. The molecule has 0 spiro atoms. The number of carbonyl (C=O) groups excluding carboxylic acids is 1. The fourth-order valence-electron chi connectivity index (χ4n) is 3.15. The van der Waals surface area contributed by atoms with Crippen LogP contribution in [-0.2, 0) is 6.42 Å². The second kappa shape index (κ2) is 10.1. The molecule has 3 rings (SSSR count). The van der Waals surface area contributed by atoms with Crippen molar-refractivity contribution in [3.63, 3.8) is 0 Å². The first-order chi connectivity index (χ1) is 14.2. The van der Waals surface area contributed by atoms with Gasteiger partial charge < -0.3 is 15.4 Å². The number of aromatic nitrogens is 1. The van der Waals surface area contributed by atoms with Crippen molar-refractivity contribution in [1.82, 2.24) is 10.3 Å². The Labute approximate surface area is 170 Å². The number of hydrogen-bond donors (Lipinski definition) is 3. The highest BCUT2D eigenvalue weighted by molar-refractivity contribution is 5.94. The van der Waals surface area contributed by atoms with E-state index >= 15 is 0 Å². The number of aliphatic hydroxyl groups excluding tert-OH is 1. The first-order valence-electron chi connectivity index (χ1n) is 9.64. The predicted molar refractivity (Wildman–Crippen MR) is 113 cm³/mol. The highest BCUT2D eigenvalue weighted by atomic mass is 16.3. The second-order valence-corrected chi connectivity index (χ2v) is 6.81. The van der Waals surface area contributed by atoms with Gasteiger partial charge in [-0.25, -0.2) is 0 Å². The Bertz CT molecular complexity index is 1080. The lowest BCUT2D eigenvalue weighted by molar-refractivity contribution is 0.0916. The van der Waals surface area contributed by atoms with Gasteiger partial charge >= 0.3 is 0 Å². The summed E-state index contributed by atoms with van der Waals surface area (Å²) in [6.07, 6.45) is 4.35. The van der Waals surface area contributed by atoms with Crippen LogP contribution in [0.4, 0.5) is 0 Å². The summed E-state index contributed by atoms with van der Waals surface area (Å²) in [6.45, 7) is -0.149. The zero-order valence-corrected chi connectivity index (χ0v) is 16.1. The maximum atomic E-state index is 12.7. The monoisotopic (exact) mass is 385 g/mol. The van der Waals surface area contributed by atoms with E-state index in [0.29, 0.717) is 24.8 Å². The zero-order chi connectivity index (χ0) is 20.5. The molecule has 5 nitrogen and oxygen atoms in total. The highest BCUT2D eigenvalue weighted by Crippen LogP contribution is 2.19. The van der Waals surface area contributed by atoms with E-state index in [4.69, 9.17) is 5.26 Å². The van der Waals surface area contributed by atoms with Gasteiger partial charge in [0.15, 0.2) is 0 Å². The van der Waals surface area contributed by atoms with E-state index in [0.717, 1.165) is 28.5 Å². The van der Waals surface area contributed by atoms with Gasteiger partial charge in [0.25, 0.3) is 5.91 Å². The van der Waals surface area contributed by atoms with Crippen molar-refractivity contribution in [2.24, 2.45) is 0 Å². The highest BCUT2D eigenvalue weighted by Gasteiger charge is 2.15. The largest absolute Gasteiger partial charge is 0.394 e. The van der Waals surface area contributed by atoms with Crippen molar-refractivity contribution in [2.45, 2.75) is 31.7 Å². The number of H-pyrrole nitrogens is 1. The van der Waals surface area contributed by atoms with Crippen molar-refractivity contribution in [3.8, 4) is 17.9 Å². The van der Waals surface area contributed by atoms with E-state index in [1.54, 1.807) is 18.2 Å². The number of unbranched alkanes of at least 4 members (excludes halogenated alkanes) is 2. The molecule has 0 aliphatic carbocycles. The molecular weight excluding hydrogens is 362 g/mol. The number of aliphatic hydroxyl groups is 1. The third-order valence-corrected chi connectivity index (χ3v) is 4.64. The Hall–Kier alpha value is -3.54. The molecule has 0 bridgehead atoms. The van der Waals surface area contributed by atoms with E-state index in [9.17, 15) is 9.90 Å². The number of nitriles is 1. The average Bonchev–Trinajstić information content (AvgIpc) is 3.16. The lowest BCUT2D eigenvalue weighted by Crippen LogP contribution is -2.39. The molecule has 0 fully saturated rings. The molecular formula is C24H23N3O2. The van der Waals surface area contributed by atoms with Crippen molar-refractivity contribution >= 4 is 16.8 Å². The van der Waals surface area contributed by atoms with Gasteiger partial charge in [-0.15, -0.1) is 0 Å². The zero-order valence-electron chi connectivity index (χ0n) is 16.1. The average molecular weight is 385 g/mol. The maximum absolute atomic E-state index is 12.7. The molecule has 0 radical (unpaired) electrons. The first-order valence-corrected chi connectivity index (χ1v) is 9.64. The van der Waals surface area contributed by atoms with Gasteiger partial charge in [0, 0.05) is 41.1 Å². The summed E-state index contributed by atoms with van der Waals surface area (Å²) in [7, 11) is 0. The van der Waals surface area contributed by atoms with Gasteiger partial charge in [0.2, 0.25) is 0 Å². The van der Waals surface area contributed by atoms with Crippen LogP contribution in [0.15, 0.2) is 54.7 Å². The minimum absolute atomic E-state index is 0.149. The normalized spacial score (nSPS) is 11.3. The molecule has 1 aromatic heterocycles. The van der Waals surface area contributed by atoms with Gasteiger partial charge in [-0.1, -0.05) is 36.1 Å². The molecule has 0 aliphatic heterocycles. The van der Waals surface area contributed by atoms with Crippen molar-refractivity contribution in [1.29, 1.82) is 5.26 Å². The molecule has 3 aromatic rings. The van der Waals surface area contributed by atoms with E-state index in [1.165, 1.54) is 0 Å². The van der Waals surface area contributed by atoms with E-state index in [1.807, 2.05) is 36.5 Å². The summed E-state index contributed by atoms with van der Waals surface area (Å²) in [5, 5.41) is 22.3. The van der Waals surface area contributed by atoms with Gasteiger partial charge in [-0.3, -0.25) is 4.79 Å². The lowest BCUT2D eigenvalue weighted by atomic mass is 10.0. The topological polar surface area (TPSA) is 88.9 Å². The van der Waals surface area contributed by atoms with Crippen LogP contribution >= 0.6 is 0 Å². The molecule has 1 amide bonds. The van der Waals surface area contributed by atoms with Crippen molar-refractivity contribution in [3.05, 3.63) is 71.4 Å². The van der Waals surface area contributed by atoms with Crippen LogP contribution in [0, 0.1) is 23.2 Å². The minimum atomic E-state index is -0.387. The Morgan fingerprint density at radius 2 is 2.03 bits per heavy atom. The van der Waals surface area contributed by atoms with Crippen LogP contribution in [-0.4, -0.2) is 28.6 Å². The number of para-hydroxylation sites is 1. The smallest absolute Gasteiger partial charge is 0.251 e. The molecule has 5 heteroatoms. The number of nitrogens with one attached hydrogen (secondary N) is 2. The molecule has 29 heavy (non-hydrogen) atoms. The van der Waals surface area contributed by atoms with Crippen LogP contribution in [0.3, 0.4) is 0 Å². The fourth-order valence-corrected chi connectivity index (χ4v) is 3.15. The van der Waals surface area contributed by atoms with Crippen LogP contribution in [0.1, 0.15) is 40.7 Å². The molecule has 3 N–H and O–H groups in total. The third-order valence-electron chi connectivity index (χ3n) is 4.64. The summed E-state index contributed by atoms with van der Waals surface area (Å²) >= 11 is 0. The molecule has 0 saturated heterocycles. The lowest BCUT2D eigenvalue weighted by Gasteiger charge is -2.16. The number of fused-ring (bicyclic) bond motifs is 1. The SMILES string of the molecule is N#CCCCC#Cc1cccc(C(=O)N[C@@H](CO)Cc2c[nH]c3ccccc23)c1. The number of nitrogens with zero attached hydrogens (tertiary/aromatic N) is 1. The van der Waals surface area contributed by atoms with Crippen molar-refractivity contribution in [2.75, 3.05) is 6.61 Å². The van der Waals surface area contributed by atoms with Crippen LogP contribution in [0.25, 0.3) is 10.9 Å². The van der Waals surface area contributed by atoms with Gasteiger partial charge in [0.05, 0.1) is 18.7 Å². The Morgan fingerprint density at radius 3 is 2.86 bits per heavy atom. The fraction of sp³-hybridized carbons (Fsp3) is 0.250. The number of rotatable bonds is 7. The van der Waals surface area contributed by atoms with Gasteiger partial charge in [-0.05, 0) is 42.7 Å². The van der Waals surface area contributed by atoms with Crippen LogP contribution < -0.4 is 5.32 Å². The molecule has 0 unspecified atom stereocenters. The number of hydrogen-bond acceptors (Lipinski definition) is 3. The molecule has 1 heterocycles. The molecule has 0 saturated carbocycles. The summed E-state index contributed by atoms with van der Waals surface area (Å²) in [5.74, 6) is 5.82.